The van der Waals surface area contributed by atoms with E-state index in [-0.39, 0.29) is 31.5 Å². The third-order valence-electron chi connectivity index (χ3n) is 3.92. The van der Waals surface area contributed by atoms with Gasteiger partial charge >= 0.3 is 0 Å². The molecule has 0 unspecified atom stereocenters. The number of fused-ring (bicyclic) bond motifs is 2. The lowest BCUT2D eigenvalue weighted by Gasteiger charge is -2.01. The number of aromatic nitrogens is 1. The number of thiazole rings is 1. The van der Waals surface area contributed by atoms with Crippen molar-refractivity contribution < 1.29 is 18.7 Å². The van der Waals surface area contributed by atoms with E-state index < -0.39 is 0 Å². The van der Waals surface area contributed by atoms with Crippen molar-refractivity contribution in [2.45, 2.75) is 13.0 Å². The van der Waals surface area contributed by atoms with Gasteiger partial charge in [-0.15, -0.1) is 6.42 Å². The lowest BCUT2D eigenvalue weighted by Crippen LogP contribution is -2.17. The van der Waals surface area contributed by atoms with Crippen LogP contribution >= 0.6 is 11.3 Å². The molecule has 26 heavy (non-hydrogen) atoms. The third kappa shape index (κ3) is 3.07. The van der Waals surface area contributed by atoms with Gasteiger partial charge in [-0.05, 0) is 17.7 Å². The highest BCUT2D eigenvalue weighted by Gasteiger charge is 2.17. The Balaban J connectivity index is 1.73. The Hall–Kier alpha value is -3.11. The number of amides is 1. The molecule has 0 N–H and O–H groups in total. The first-order valence-electron chi connectivity index (χ1n) is 7.82. The zero-order valence-corrected chi connectivity index (χ0v) is 14.4. The second-order valence-electron chi connectivity index (χ2n) is 5.66. The summed E-state index contributed by atoms with van der Waals surface area (Å²) in [5.41, 5.74) is 1.54. The fourth-order valence-corrected chi connectivity index (χ4v) is 3.77. The maximum atomic E-state index is 13.0. The van der Waals surface area contributed by atoms with Crippen LogP contribution in [0, 0.1) is 18.2 Å². The first kappa shape index (κ1) is 16.4. The molecule has 0 spiro atoms. The van der Waals surface area contributed by atoms with E-state index in [1.165, 1.54) is 23.5 Å². The predicted molar refractivity (Wildman–Crippen MR) is 95.4 cm³/mol. The molecule has 0 bridgehead atoms. The molecule has 3 aromatic rings. The number of nitrogens with zero attached hydrogens (tertiary/aromatic N) is 2. The highest BCUT2D eigenvalue weighted by molar-refractivity contribution is 7.16. The summed E-state index contributed by atoms with van der Waals surface area (Å²) in [5, 5.41) is 0. The topological polar surface area (TPSA) is 52.8 Å². The van der Waals surface area contributed by atoms with Crippen molar-refractivity contribution in [3.63, 3.8) is 0 Å². The highest BCUT2D eigenvalue weighted by Crippen LogP contribution is 2.36. The molecular formula is C19H13FN2O3S. The number of carbonyl (C=O) groups is 1. The van der Waals surface area contributed by atoms with E-state index in [0.29, 0.717) is 21.9 Å². The van der Waals surface area contributed by atoms with E-state index in [0.717, 1.165) is 10.2 Å². The summed E-state index contributed by atoms with van der Waals surface area (Å²) in [5.74, 6) is 3.22. The molecule has 1 aliphatic heterocycles. The Morgan fingerprint density at radius 2 is 2.00 bits per heavy atom. The second-order valence-corrected chi connectivity index (χ2v) is 6.67. The van der Waals surface area contributed by atoms with E-state index in [4.69, 9.17) is 15.9 Å². The molecule has 0 saturated heterocycles. The molecule has 2 heterocycles. The lowest BCUT2D eigenvalue weighted by molar-refractivity contribution is -0.117. The SMILES string of the molecule is C#CCn1c(=NC(=O)Cc2ccc(F)cc2)sc2cc3c(cc21)OCO3. The molecule has 1 amide bonds. The number of rotatable bonds is 3. The van der Waals surface area contributed by atoms with Crippen molar-refractivity contribution in [3.05, 3.63) is 52.6 Å². The number of carbonyl (C=O) groups excluding carboxylic acids is 1. The predicted octanol–water partition coefficient (Wildman–Crippen LogP) is 2.87. The number of terminal acetylenes is 1. The fourth-order valence-electron chi connectivity index (χ4n) is 2.71. The first-order valence-corrected chi connectivity index (χ1v) is 8.64. The minimum atomic E-state index is -0.341. The van der Waals surface area contributed by atoms with Crippen LogP contribution in [0.15, 0.2) is 41.4 Å². The second kappa shape index (κ2) is 6.65. The fraction of sp³-hybridized carbons (Fsp3) is 0.158. The minimum absolute atomic E-state index is 0.0906. The molecule has 4 rings (SSSR count). The largest absolute Gasteiger partial charge is 0.454 e. The van der Waals surface area contributed by atoms with Gasteiger partial charge in [0.05, 0.1) is 23.2 Å². The minimum Gasteiger partial charge on any atom is -0.454 e. The van der Waals surface area contributed by atoms with Crippen LogP contribution in [-0.4, -0.2) is 17.3 Å². The van der Waals surface area contributed by atoms with Gasteiger partial charge in [0.1, 0.15) is 5.82 Å². The van der Waals surface area contributed by atoms with Gasteiger partial charge in [-0.3, -0.25) is 4.79 Å². The van der Waals surface area contributed by atoms with Crippen LogP contribution in [0.4, 0.5) is 4.39 Å². The average Bonchev–Trinajstić information content (AvgIpc) is 3.20. The molecule has 5 nitrogen and oxygen atoms in total. The van der Waals surface area contributed by atoms with E-state index >= 15 is 0 Å². The van der Waals surface area contributed by atoms with Crippen molar-refractivity contribution in [2.75, 3.05) is 6.79 Å². The molecule has 130 valence electrons. The van der Waals surface area contributed by atoms with E-state index in [2.05, 4.69) is 10.9 Å². The van der Waals surface area contributed by atoms with Crippen LogP contribution in [0.5, 0.6) is 11.5 Å². The van der Waals surface area contributed by atoms with E-state index in [9.17, 15) is 9.18 Å². The quantitative estimate of drug-likeness (QED) is 0.668. The Morgan fingerprint density at radius 3 is 2.73 bits per heavy atom. The molecule has 0 fully saturated rings. The van der Waals surface area contributed by atoms with Crippen LogP contribution in [0.3, 0.4) is 0 Å². The number of ether oxygens (including phenoxy) is 2. The van der Waals surface area contributed by atoms with E-state index in [1.807, 2.05) is 12.1 Å². The first-order chi connectivity index (χ1) is 12.6. The van der Waals surface area contributed by atoms with Gasteiger partial charge in [-0.2, -0.15) is 4.99 Å². The van der Waals surface area contributed by atoms with Crippen molar-refractivity contribution >= 4 is 27.5 Å². The third-order valence-corrected chi connectivity index (χ3v) is 4.96. The van der Waals surface area contributed by atoms with Gasteiger partial charge in [0.15, 0.2) is 16.3 Å². The number of hydrogen-bond donors (Lipinski definition) is 0. The number of benzene rings is 2. The van der Waals surface area contributed by atoms with Crippen molar-refractivity contribution in [1.29, 1.82) is 0 Å². The molecule has 7 heteroatoms. The van der Waals surface area contributed by atoms with Gasteiger partial charge < -0.3 is 14.0 Å². The normalized spacial score (nSPS) is 13.2. The smallest absolute Gasteiger partial charge is 0.252 e. The summed E-state index contributed by atoms with van der Waals surface area (Å²) in [6.07, 6.45) is 5.57. The standard InChI is InChI=1S/C19H13FN2O3S/c1-2-7-22-14-9-15-16(25-11-24-15)10-17(14)26-19(22)21-18(23)8-12-3-5-13(20)6-4-12/h1,3-6,9-10H,7-8,11H2. The van der Waals surface area contributed by atoms with Crippen LogP contribution < -0.4 is 14.3 Å². The zero-order chi connectivity index (χ0) is 18.1. The Labute approximate surface area is 152 Å². The number of halogens is 1. The molecule has 1 aliphatic rings. The van der Waals surface area contributed by atoms with Gasteiger partial charge in [0.2, 0.25) is 6.79 Å². The van der Waals surface area contributed by atoms with Gasteiger partial charge in [-0.25, -0.2) is 4.39 Å². The van der Waals surface area contributed by atoms with Crippen molar-refractivity contribution in [3.8, 4) is 23.8 Å². The van der Waals surface area contributed by atoms with Crippen molar-refractivity contribution in [1.82, 2.24) is 4.57 Å². The van der Waals surface area contributed by atoms with Crippen LogP contribution in [0.1, 0.15) is 5.56 Å². The maximum absolute atomic E-state index is 13.0. The molecule has 2 aromatic carbocycles. The van der Waals surface area contributed by atoms with E-state index in [1.54, 1.807) is 16.7 Å². The van der Waals surface area contributed by atoms with Crippen molar-refractivity contribution in [2.24, 2.45) is 4.99 Å². The summed E-state index contributed by atoms with van der Waals surface area (Å²) in [6, 6.07) is 9.49. The maximum Gasteiger partial charge on any atom is 0.252 e. The van der Waals surface area contributed by atoms with Gasteiger partial charge in [0, 0.05) is 12.1 Å². The summed E-state index contributed by atoms with van der Waals surface area (Å²) in [4.78, 5) is 17.0. The van der Waals surface area contributed by atoms with Gasteiger partial charge in [0.25, 0.3) is 5.91 Å². The van der Waals surface area contributed by atoms with Crippen LogP contribution in [0.25, 0.3) is 10.2 Å². The molecule has 0 radical (unpaired) electrons. The monoisotopic (exact) mass is 368 g/mol. The summed E-state index contributed by atoms with van der Waals surface area (Å²) in [6.45, 7) is 0.470. The summed E-state index contributed by atoms with van der Waals surface area (Å²) < 4.78 is 26.5. The molecule has 0 aliphatic carbocycles. The Morgan fingerprint density at radius 1 is 1.27 bits per heavy atom. The Kier molecular flexibility index (Phi) is 4.19. The lowest BCUT2D eigenvalue weighted by atomic mass is 10.1. The number of hydrogen-bond acceptors (Lipinski definition) is 4. The summed E-state index contributed by atoms with van der Waals surface area (Å²) in [7, 11) is 0. The molecule has 0 atom stereocenters. The van der Waals surface area contributed by atoms with Gasteiger partial charge in [-0.1, -0.05) is 29.4 Å². The molecular weight excluding hydrogens is 355 g/mol. The molecule has 0 saturated carbocycles. The Bertz CT molecular complexity index is 1110. The highest BCUT2D eigenvalue weighted by atomic mass is 32.1. The molecule has 1 aromatic heterocycles. The average molecular weight is 368 g/mol. The van der Waals surface area contributed by atoms with Crippen LogP contribution in [-0.2, 0) is 17.8 Å². The summed E-state index contributed by atoms with van der Waals surface area (Å²) >= 11 is 1.36. The zero-order valence-electron chi connectivity index (χ0n) is 13.6. The van der Waals surface area contributed by atoms with Crippen LogP contribution in [0.2, 0.25) is 0 Å².